The van der Waals surface area contributed by atoms with Gasteiger partial charge in [-0.05, 0) is 46.5 Å². The van der Waals surface area contributed by atoms with Crippen molar-refractivity contribution in [1.29, 1.82) is 0 Å². The summed E-state index contributed by atoms with van der Waals surface area (Å²) in [5.41, 5.74) is -0.405. The van der Waals surface area contributed by atoms with E-state index in [1.807, 2.05) is 25.7 Å². The van der Waals surface area contributed by atoms with Gasteiger partial charge in [-0.1, -0.05) is 0 Å². The molecule has 2 amide bonds. The van der Waals surface area contributed by atoms with Crippen molar-refractivity contribution < 1.29 is 19.4 Å². The van der Waals surface area contributed by atoms with Crippen LogP contribution in [0.5, 0.6) is 0 Å². The third-order valence-electron chi connectivity index (χ3n) is 4.66. The second-order valence-electron chi connectivity index (χ2n) is 7.27. The Hall–Kier alpha value is -1.30. The molecule has 0 aromatic rings. The molecule has 2 aliphatic rings. The number of amides is 2. The molecule has 0 bridgehead atoms. The largest absolute Gasteiger partial charge is 0.465 e. The van der Waals surface area contributed by atoms with Crippen LogP contribution in [0.15, 0.2) is 0 Å². The first-order chi connectivity index (χ1) is 10.3. The van der Waals surface area contributed by atoms with Crippen molar-refractivity contribution in [3.05, 3.63) is 0 Å². The zero-order valence-electron chi connectivity index (χ0n) is 13.9. The minimum atomic E-state index is -0.865. The van der Waals surface area contributed by atoms with Crippen molar-refractivity contribution in [3.8, 4) is 0 Å². The monoisotopic (exact) mass is 312 g/mol. The van der Waals surface area contributed by atoms with Crippen LogP contribution in [-0.2, 0) is 9.53 Å². The number of ether oxygens (including phenoxy) is 1. The van der Waals surface area contributed by atoms with Gasteiger partial charge in [0.25, 0.3) is 0 Å². The smallest absolute Gasteiger partial charge is 0.407 e. The molecule has 126 valence electrons. The van der Waals surface area contributed by atoms with Crippen LogP contribution in [0.25, 0.3) is 0 Å². The van der Waals surface area contributed by atoms with E-state index in [-0.39, 0.29) is 17.9 Å². The number of nitrogens with zero attached hydrogens (tertiary/aromatic N) is 2. The van der Waals surface area contributed by atoms with Gasteiger partial charge in [0.1, 0.15) is 0 Å². The van der Waals surface area contributed by atoms with Crippen molar-refractivity contribution in [3.63, 3.8) is 0 Å². The molecular formula is C16H28N2O4. The number of morpholine rings is 1. The van der Waals surface area contributed by atoms with E-state index in [2.05, 4.69) is 0 Å². The summed E-state index contributed by atoms with van der Waals surface area (Å²) in [6.07, 6.45) is 2.23. The minimum Gasteiger partial charge on any atom is -0.465 e. The molecule has 0 aromatic carbocycles. The van der Waals surface area contributed by atoms with Crippen LogP contribution in [0.4, 0.5) is 4.79 Å². The van der Waals surface area contributed by atoms with E-state index in [9.17, 15) is 14.7 Å². The van der Waals surface area contributed by atoms with E-state index >= 15 is 0 Å². The maximum Gasteiger partial charge on any atom is 0.407 e. The molecule has 1 aliphatic heterocycles. The lowest BCUT2D eigenvalue weighted by molar-refractivity contribution is -0.141. The summed E-state index contributed by atoms with van der Waals surface area (Å²) in [7, 11) is 0. The molecule has 0 aromatic heterocycles. The highest BCUT2D eigenvalue weighted by Crippen LogP contribution is 2.32. The van der Waals surface area contributed by atoms with Crippen LogP contribution in [0, 0.1) is 5.92 Å². The summed E-state index contributed by atoms with van der Waals surface area (Å²) >= 11 is 0. The summed E-state index contributed by atoms with van der Waals surface area (Å²) < 4.78 is 5.28. The Kier molecular flexibility index (Phi) is 5.32. The molecule has 0 spiro atoms. The molecule has 1 saturated carbocycles. The first-order valence-corrected chi connectivity index (χ1v) is 8.19. The fraction of sp³-hybridized carbons (Fsp3) is 0.875. The average Bonchev–Trinajstić information content (AvgIpc) is 2.46. The maximum absolute atomic E-state index is 12.5. The number of hydrogen-bond donors (Lipinski definition) is 1. The Labute approximate surface area is 132 Å². The predicted molar refractivity (Wildman–Crippen MR) is 82.8 cm³/mol. The molecule has 6 heteroatoms. The third-order valence-corrected chi connectivity index (χ3v) is 4.66. The fourth-order valence-corrected chi connectivity index (χ4v) is 3.61. The molecule has 1 saturated heterocycles. The Morgan fingerprint density at radius 1 is 1.09 bits per heavy atom. The zero-order valence-corrected chi connectivity index (χ0v) is 13.9. The summed E-state index contributed by atoms with van der Waals surface area (Å²) in [6, 6.07) is 0.0197. The maximum atomic E-state index is 12.5. The van der Waals surface area contributed by atoms with Gasteiger partial charge in [-0.25, -0.2) is 4.79 Å². The molecule has 0 unspecified atom stereocenters. The van der Waals surface area contributed by atoms with E-state index in [1.54, 1.807) is 4.90 Å². The lowest BCUT2D eigenvalue weighted by Gasteiger charge is -2.43. The molecule has 2 fully saturated rings. The van der Waals surface area contributed by atoms with Crippen molar-refractivity contribution >= 4 is 12.0 Å². The summed E-state index contributed by atoms with van der Waals surface area (Å²) in [5.74, 6) is 0.268. The summed E-state index contributed by atoms with van der Waals surface area (Å²) in [6.45, 7) is 8.38. The fourth-order valence-electron chi connectivity index (χ4n) is 3.61. The third kappa shape index (κ3) is 3.91. The molecular weight excluding hydrogens is 284 g/mol. The lowest BCUT2D eigenvalue weighted by Crippen LogP contribution is -2.53. The molecule has 22 heavy (non-hydrogen) atoms. The van der Waals surface area contributed by atoms with Crippen molar-refractivity contribution in [2.75, 3.05) is 26.3 Å². The number of rotatable bonds is 2. The highest BCUT2D eigenvalue weighted by atomic mass is 16.5. The van der Waals surface area contributed by atoms with E-state index in [0.717, 1.165) is 25.7 Å². The Balaban J connectivity index is 1.91. The van der Waals surface area contributed by atoms with Gasteiger partial charge < -0.3 is 19.6 Å². The number of carbonyl (C=O) groups is 2. The summed E-state index contributed by atoms with van der Waals surface area (Å²) in [4.78, 5) is 27.5. The van der Waals surface area contributed by atoms with Gasteiger partial charge in [0.05, 0.1) is 13.2 Å². The van der Waals surface area contributed by atoms with Crippen LogP contribution < -0.4 is 0 Å². The molecule has 1 aliphatic carbocycles. The predicted octanol–water partition coefficient (Wildman–Crippen LogP) is 2.18. The van der Waals surface area contributed by atoms with Crippen molar-refractivity contribution in [2.45, 2.75) is 58.0 Å². The Bertz CT molecular complexity index is 405. The first kappa shape index (κ1) is 17.1. The number of hydrogen-bond acceptors (Lipinski definition) is 3. The van der Waals surface area contributed by atoms with E-state index in [4.69, 9.17) is 4.74 Å². The average molecular weight is 312 g/mol. The van der Waals surface area contributed by atoms with Gasteiger partial charge in [-0.3, -0.25) is 4.79 Å². The zero-order chi connectivity index (χ0) is 16.3. The van der Waals surface area contributed by atoms with Gasteiger partial charge >= 0.3 is 6.09 Å². The first-order valence-electron chi connectivity index (χ1n) is 8.19. The second-order valence-corrected chi connectivity index (χ2v) is 7.27. The van der Waals surface area contributed by atoms with E-state index in [0.29, 0.717) is 26.3 Å². The van der Waals surface area contributed by atoms with Gasteiger partial charge in [0, 0.05) is 30.6 Å². The summed E-state index contributed by atoms with van der Waals surface area (Å²) in [5, 5.41) is 9.48. The molecule has 2 rings (SSSR count). The quantitative estimate of drug-likeness (QED) is 0.848. The van der Waals surface area contributed by atoms with Crippen LogP contribution in [-0.4, -0.2) is 64.8 Å². The van der Waals surface area contributed by atoms with Crippen LogP contribution in [0.1, 0.15) is 46.5 Å². The molecule has 0 radical (unpaired) electrons. The SMILES string of the molecule is CC(C)(C)N(C(=O)O)[C@H]1CC[C@H](C(=O)N2CCOCC2)CC1. The second kappa shape index (κ2) is 6.86. The molecule has 0 atom stereocenters. The molecule has 1 heterocycles. The molecule has 6 nitrogen and oxygen atoms in total. The van der Waals surface area contributed by atoms with Crippen LogP contribution in [0.3, 0.4) is 0 Å². The Morgan fingerprint density at radius 3 is 2.09 bits per heavy atom. The van der Waals surface area contributed by atoms with Gasteiger partial charge in [-0.2, -0.15) is 0 Å². The lowest BCUT2D eigenvalue weighted by atomic mass is 9.83. The minimum absolute atomic E-state index is 0.0197. The van der Waals surface area contributed by atoms with Gasteiger partial charge in [-0.15, -0.1) is 0 Å². The van der Waals surface area contributed by atoms with Crippen LogP contribution >= 0.6 is 0 Å². The van der Waals surface area contributed by atoms with Gasteiger partial charge in [0.2, 0.25) is 5.91 Å². The highest BCUT2D eigenvalue weighted by Gasteiger charge is 2.37. The van der Waals surface area contributed by atoms with Crippen molar-refractivity contribution in [1.82, 2.24) is 9.80 Å². The van der Waals surface area contributed by atoms with Crippen molar-refractivity contribution in [2.24, 2.45) is 5.92 Å². The standard InChI is InChI=1S/C16H28N2O4/c1-16(2,3)18(15(20)21)13-6-4-12(5-7-13)14(19)17-8-10-22-11-9-17/h12-13H,4-11H2,1-3H3,(H,20,21)/t12-,13-. The highest BCUT2D eigenvalue weighted by molar-refractivity contribution is 5.79. The normalized spacial score (nSPS) is 26.6. The number of carboxylic acid groups (broad SMARTS) is 1. The topological polar surface area (TPSA) is 70.1 Å². The molecule has 1 N–H and O–H groups in total. The van der Waals surface area contributed by atoms with E-state index < -0.39 is 11.6 Å². The van der Waals surface area contributed by atoms with Crippen LogP contribution in [0.2, 0.25) is 0 Å². The Morgan fingerprint density at radius 2 is 1.64 bits per heavy atom. The van der Waals surface area contributed by atoms with Gasteiger partial charge in [0.15, 0.2) is 0 Å². The van der Waals surface area contributed by atoms with E-state index in [1.165, 1.54) is 0 Å². The number of carbonyl (C=O) groups excluding carboxylic acids is 1.